The third kappa shape index (κ3) is 4.89. The predicted molar refractivity (Wildman–Crippen MR) is 82.0 cm³/mol. The molecule has 0 aromatic heterocycles. The minimum atomic E-state index is -0.399. The molecule has 2 rings (SSSR count). The standard InChI is InChI=1S/C17H27NO2/c1-17(2,3)20-13-16(19)12-18-10-9-15(11-18)14-7-5-4-6-8-14/h4-8,15-16,19H,9-13H2,1-3H3/t15-,16+/m0/s1. The van der Waals surface area contributed by atoms with Gasteiger partial charge in [0, 0.05) is 13.1 Å². The van der Waals surface area contributed by atoms with Gasteiger partial charge in [0.15, 0.2) is 0 Å². The first-order valence-electron chi connectivity index (χ1n) is 7.53. The molecule has 1 saturated heterocycles. The first-order valence-corrected chi connectivity index (χ1v) is 7.53. The Morgan fingerprint density at radius 3 is 2.65 bits per heavy atom. The maximum Gasteiger partial charge on any atom is 0.0900 e. The summed E-state index contributed by atoms with van der Waals surface area (Å²) in [7, 11) is 0. The monoisotopic (exact) mass is 277 g/mol. The van der Waals surface area contributed by atoms with Gasteiger partial charge in [-0.25, -0.2) is 0 Å². The molecule has 1 aliphatic rings. The average Bonchev–Trinajstić information content (AvgIpc) is 2.85. The Morgan fingerprint density at radius 2 is 2.00 bits per heavy atom. The Labute approximate surface area is 122 Å². The summed E-state index contributed by atoms with van der Waals surface area (Å²) in [4.78, 5) is 2.34. The zero-order chi connectivity index (χ0) is 14.6. The molecule has 3 heteroatoms. The van der Waals surface area contributed by atoms with Gasteiger partial charge < -0.3 is 14.7 Å². The van der Waals surface area contributed by atoms with Gasteiger partial charge in [0.25, 0.3) is 0 Å². The van der Waals surface area contributed by atoms with Crippen molar-refractivity contribution in [3.05, 3.63) is 35.9 Å². The minimum absolute atomic E-state index is 0.182. The number of likely N-dealkylation sites (tertiary alicyclic amines) is 1. The number of hydrogen-bond acceptors (Lipinski definition) is 3. The Hall–Kier alpha value is -0.900. The SMILES string of the molecule is CC(C)(C)OC[C@H](O)CN1CC[C@H](c2ccccc2)C1. The first kappa shape index (κ1) is 15.5. The van der Waals surface area contributed by atoms with Crippen molar-refractivity contribution in [2.24, 2.45) is 0 Å². The van der Waals surface area contributed by atoms with Crippen molar-refractivity contribution in [3.8, 4) is 0 Å². The normalized spacial score (nSPS) is 22.1. The van der Waals surface area contributed by atoms with Gasteiger partial charge in [-0.15, -0.1) is 0 Å². The van der Waals surface area contributed by atoms with Crippen LogP contribution in [0, 0.1) is 0 Å². The van der Waals surface area contributed by atoms with E-state index in [-0.39, 0.29) is 5.60 Å². The summed E-state index contributed by atoms with van der Waals surface area (Å²) in [5.41, 5.74) is 1.23. The highest BCUT2D eigenvalue weighted by atomic mass is 16.5. The van der Waals surface area contributed by atoms with Gasteiger partial charge in [0.1, 0.15) is 0 Å². The summed E-state index contributed by atoms with van der Waals surface area (Å²) >= 11 is 0. The van der Waals surface area contributed by atoms with Crippen molar-refractivity contribution in [2.45, 2.75) is 44.8 Å². The molecule has 3 nitrogen and oxygen atoms in total. The van der Waals surface area contributed by atoms with Crippen molar-refractivity contribution < 1.29 is 9.84 Å². The minimum Gasteiger partial charge on any atom is -0.389 e. The van der Waals surface area contributed by atoms with Gasteiger partial charge >= 0.3 is 0 Å². The molecule has 112 valence electrons. The quantitative estimate of drug-likeness (QED) is 0.898. The highest BCUT2D eigenvalue weighted by Gasteiger charge is 2.25. The van der Waals surface area contributed by atoms with Crippen LogP contribution in [0.2, 0.25) is 0 Å². The average molecular weight is 277 g/mol. The fraction of sp³-hybridized carbons (Fsp3) is 0.647. The molecular weight excluding hydrogens is 250 g/mol. The lowest BCUT2D eigenvalue weighted by atomic mass is 9.99. The van der Waals surface area contributed by atoms with Crippen LogP contribution in [0.3, 0.4) is 0 Å². The van der Waals surface area contributed by atoms with Crippen LogP contribution in [0.5, 0.6) is 0 Å². The molecule has 1 aliphatic heterocycles. The molecule has 1 heterocycles. The van der Waals surface area contributed by atoms with Crippen LogP contribution in [0.15, 0.2) is 30.3 Å². The predicted octanol–water partition coefficient (Wildman–Crippen LogP) is 2.65. The molecule has 0 saturated carbocycles. The molecule has 1 aromatic carbocycles. The second-order valence-corrected chi connectivity index (χ2v) is 6.73. The molecule has 20 heavy (non-hydrogen) atoms. The number of aliphatic hydroxyl groups excluding tert-OH is 1. The van der Waals surface area contributed by atoms with Crippen molar-refractivity contribution in [2.75, 3.05) is 26.2 Å². The Kier molecular flexibility index (Phi) is 5.19. The van der Waals surface area contributed by atoms with Crippen molar-refractivity contribution in [1.82, 2.24) is 4.90 Å². The summed E-state index contributed by atoms with van der Waals surface area (Å²) in [6.07, 6.45) is 0.778. The van der Waals surface area contributed by atoms with Crippen molar-refractivity contribution in [3.63, 3.8) is 0 Å². The van der Waals surface area contributed by atoms with Gasteiger partial charge in [-0.05, 0) is 45.2 Å². The molecule has 0 amide bonds. The lowest BCUT2D eigenvalue weighted by Gasteiger charge is -2.24. The van der Waals surface area contributed by atoms with E-state index in [0.29, 0.717) is 19.1 Å². The van der Waals surface area contributed by atoms with E-state index < -0.39 is 6.10 Å². The second-order valence-electron chi connectivity index (χ2n) is 6.73. The number of benzene rings is 1. The molecule has 0 spiro atoms. The third-order valence-electron chi connectivity index (χ3n) is 3.72. The third-order valence-corrected chi connectivity index (χ3v) is 3.72. The number of ether oxygens (including phenoxy) is 1. The van der Waals surface area contributed by atoms with E-state index in [9.17, 15) is 5.11 Å². The van der Waals surface area contributed by atoms with E-state index in [1.54, 1.807) is 0 Å². The molecule has 0 unspecified atom stereocenters. The van der Waals surface area contributed by atoms with Crippen LogP contribution in [0.25, 0.3) is 0 Å². The van der Waals surface area contributed by atoms with Crippen LogP contribution >= 0.6 is 0 Å². The van der Waals surface area contributed by atoms with Crippen molar-refractivity contribution >= 4 is 0 Å². The zero-order valence-electron chi connectivity index (χ0n) is 12.9. The van der Waals surface area contributed by atoms with Crippen LogP contribution in [-0.4, -0.2) is 48.0 Å². The highest BCUT2D eigenvalue weighted by molar-refractivity contribution is 5.20. The molecule has 1 fully saturated rings. The van der Waals surface area contributed by atoms with Gasteiger partial charge in [0.2, 0.25) is 0 Å². The maximum absolute atomic E-state index is 10.1. The van der Waals surface area contributed by atoms with E-state index in [1.807, 2.05) is 20.8 Å². The smallest absolute Gasteiger partial charge is 0.0900 e. The summed E-state index contributed by atoms with van der Waals surface area (Å²) in [6, 6.07) is 10.7. The van der Waals surface area contributed by atoms with E-state index in [0.717, 1.165) is 13.1 Å². The van der Waals surface area contributed by atoms with Crippen LogP contribution in [0.4, 0.5) is 0 Å². The zero-order valence-corrected chi connectivity index (χ0v) is 12.9. The fourth-order valence-corrected chi connectivity index (χ4v) is 2.69. The van der Waals surface area contributed by atoms with Gasteiger partial charge in [0.05, 0.1) is 18.3 Å². The topological polar surface area (TPSA) is 32.7 Å². The van der Waals surface area contributed by atoms with E-state index in [2.05, 4.69) is 35.2 Å². The van der Waals surface area contributed by atoms with E-state index >= 15 is 0 Å². The van der Waals surface area contributed by atoms with Crippen molar-refractivity contribution in [1.29, 1.82) is 0 Å². The summed E-state index contributed by atoms with van der Waals surface area (Å²) in [5.74, 6) is 0.604. The highest BCUT2D eigenvalue weighted by Crippen LogP contribution is 2.26. The molecule has 0 bridgehead atoms. The lowest BCUT2D eigenvalue weighted by Crippen LogP contribution is -2.35. The van der Waals surface area contributed by atoms with E-state index in [4.69, 9.17) is 4.74 Å². The Morgan fingerprint density at radius 1 is 1.30 bits per heavy atom. The maximum atomic E-state index is 10.1. The Bertz CT molecular complexity index is 399. The van der Waals surface area contributed by atoms with E-state index in [1.165, 1.54) is 12.0 Å². The molecule has 0 radical (unpaired) electrons. The summed E-state index contributed by atoms with van der Waals surface area (Å²) in [5, 5.41) is 10.1. The number of nitrogens with zero attached hydrogens (tertiary/aromatic N) is 1. The molecule has 2 atom stereocenters. The molecule has 0 aliphatic carbocycles. The van der Waals surface area contributed by atoms with Gasteiger partial charge in [-0.1, -0.05) is 30.3 Å². The fourth-order valence-electron chi connectivity index (χ4n) is 2.69. The van der Waals surface area contributed by atoms with Crippen LogP contribution < -0.4 is 0 Å². The number of rotatable bonds is 5. The lowest BCUT2D eigenvalue weighted by molar-refractivity contribution is -0.0548. The largest absolute Gasteiger partial charge is 0.389 e. The van der Waals surface area contributed by atoms with Crippen LogP contribution in [0.1, 0.15) is 38.7 Å². The number of aliphatic hydroxyl groups is 1. The first-order chi connectivity index (χ1) is 9.44. The molecule has 1 N–H and O–H groups in total. The molecule has 1 aromatic rings. The van der Waals surface area contributed by atoms with Gasteiger partial charge in [-0.3, -0.25) is 0 Å². The number of β-amino-alcohol motifs (C(OH)–C–C–N with tert-alkyl or cyclic N) is 1. The summed E-state index contributed by atoms with van der Waals surface area (Å²) in [6.45, 7) is 9.27. The van der Waals surface area contributed by atoms with Gasteiger partial charge in [-0.2, -0.15) is 0 Å². The molecular formula is C17H27NO2. The Balaban J connectivity index is 1.76. The number of hydrogen-bond donors (Lipinski definition) is 1. The summed E-state index contributed by atoms with van der Waals surface area (Å²) < 4.78 is 5.64. The second kappa shape index (κ2) is 6.70. The van der Waals surface area contributed by atoms with Crippen LogP contribution in [-0.2, 0) is 4.74 Å².